The van der Waals surface area contributed by atoms with Crippen molar-refractivity contribution in [3.05, 3.63) is 59.7 Å². The van der Waals surface area contributed by atoms with Gasteiger partial charge in [-0.1, -0.05) is 65.8 Å². The predicted molar refractivity (Wildman–Crippen MR) is 134 cm³/mol. The van der Waals surface area contributed by atoms with E-state index < -0.39 is 0 Å². The molecule has 168 valence electrons. The third-order valence-corrected chi connectivity index (χ3v) is 4.86. The number of benzene rings is 2. The average Bonchev–Trinajstić information content (AvgIpc) is 2.68. The summed E-state index contributed by atoms with van der Waals surface area (Å²) in [6, 6.07) is 16.4. The summed E-state index contributed by atoms with van der Waals surface area (Å²) in [6.45, 7) is 15.1. The Balaban J connectivity index is 0.000000225. The van der Waals surface area contributed by atoms with Crippen molar-refractivity contribution in [2.75, 3.05) is 18.4 Å². The number of rotatable bonds is 2. The largest absolute Gasteiger partial charge is 0.370 e. The molecule has 0 radical (unpaired) electrons. The summed E-state index contributed by atoms with van der Waals surface area (Å²) in [5, 5.41) is 6.60. The summed E-state index contributed by atoms with van der Waals surface area (Å²) in [7, 11) is 0. The summed E-state index contributed by atoms with van der Waals surface area (Å²) >= 11 is 0. The molecule has 1 aliphatic rings. The van der Waals surface area contributed by atoms with E-state index in [-0.39, 0.29) is 16.8 Å². The second-order valence-corrected chi connectivity index (χ2v) is 9.80. The standard InChI is InChI=1S/C14H21N3.C11H17N3/c1-14(2,3)11-6-4-7-12(10-11)17-13-15-8-5-9-16-13;1-11(2,3)8-5-4-6-9(7-8)14-10(12)13/h4,6-7,10H,5,8-9H2,1-3H3,(H2,15,16,17);4-7H,1-3H3,(H4,12,13,14). The monoisotopic (exact) mass is 422 g/mol. The highest BCUT2D eigenvalue weighted by atomic mass is 15.2. The molecule has 2 aromatic carbocycles. The maximum absolute atomic E-state index is 5.31. The van der Waals surface area contributed by atoms with Crippen molar-refractivity contribution in [1.82, 2.24) is 5.32 Å². The predicted octanol–water partition coefficient (Wildman–Crippen LogP) is 4.63. The van der Waals surface area contributed by atoms with Crippen LogP contribution in [-0.4, -0.2) is 25.0 Å². The number of nitrogens with zero attached hydrogens (tertiary/aromatic N) is 2. The normalized spacial score (nSPS) is 13.8. The van der Waals surface area contributed by atoms with Gasteiger partial charge in [0, 0.05) is 18.8 Å². The van der Waals surface area contributed by atoms with Crippen LogP contribution in [0.25, 0.3) is 0 Å². The number of nitrogens with two attached hydrogens (primary N) is 2. The first-order chi connectivity index (χ1) is 14.4. The topological polar surface area (TPSA) is 101 Å². The van der Waals surface area contributed by atoms with Crippen LogP contribution in [0.5, 0.6) is 0 Å². The van der Waals surface area contributed by atoms with Gasteiger partial charge in [-0.3, -0.25) is 4.99 Å². The van der Waals surface area contributed by atoms with E-state index in [1.165, 1.54) is 11.1 Å². The Kier molecular flexibility index (Phi) is 8.08. The highest BCUT2D eigenvalue weighted by molar-refractivity contribution is 5.94. The van der Waals surface area contributed by atoms with E-state index in [9.17, 15) is 0 Å². The van der Waals surface area contributed by atoms with Gasteiger partial charge >= 0.3 is 0 Å². The minimum atomic E-state index is 0.0936. The molecule has 0 fully saturated rings. The van der Waals surface area contributed by atoms with Gasteiger partial charge in [0.05, 0.1) is 5.69 Å². The smallest absolute Gasteiger partial charge is 0.195 e. The number of anilines is 1. The Labute approximate surface area is 187 Å². The molecule has 0 saturated heterocycles. The lowest BCUT2D eigenvalue weighted by Gasteiger charge is -2.21. The van der Waals surface area contributed by atoms with Crippen molar-refractivity contribution in [3.63, 3.8) is 0 Å². The van der Waals surface area contributed by atoms with Gasteiger partial charge in [-0.25, -0.2) is 4.99 Å². The maximum Gasteiger partial charge on any atom is 0.195 e. The van der Waals surface area contributed by atoms with Crippen molar-refractivity contribution < 1.29 is 0 Å². The lowest BCUT2D eigenvalue weighted by atomic mass is 9.87. The first kappa shape index (κ1) is 24.3. The maximum atomic E-state index is 5.31. The third-order valence-electron chi connectivity index (χ3n) is 4.86. The van der Waals surface area contributed by atoms with Crippen LogP contribution in [0, 0.1) is 0 Å². The van der Waals surface area contributed by atoms with Gasteiger partial charge in [-0.15, -0.1) is 0 Å². The molecule has 2 aromatic rings. The molecular formula is C25H38N6. The minimum absolute atomic E-state index is 0.0936. The van der Waals surface area contributed by atoms with Crippen LogP contribution in [-0.2, 0) is 10.8 Å². The molecule has 3 rings (SSSR count). The molecule has 0 saturated carbocycles. The van der Waals surface area contributed by atoms with E-state index in [1.807, 2.05) is 18.2 Å². The summed E-state index contributed by atoms with van der Waals surface area (Å²) < 4.78 is 0. The Morgan fingerprint density at radius 3 is 2.10 bits per heavy atom. The van der Waals surface area contributed by atoms with Crippen LogP contribution < -0.4 is 22.1 Å². The highest BCUT2D eigenvalue weighted by Gasteiger charge is 2.14. The van der Waals surface area contributed by atoms with Crippen LogP contribution in [0.2, 0.25) is 0 Å². The summed E-state index contributed by atoms with van der Waals surface area (Å²) in [5.41, 5.74) is 15.4. The molecule has 1 heterocycles. The molecule has 6 heteroatoms. The Hall–Kier alpha value is -3.02. The fraction of sp³-hybridized carbons (Fsp3) is 0.440. The molecule has 1 aliphatic heterocycles. The fourth-order valence-electron chi connectivity index (χ4n) is 3.01. The highest BCUT2D eigenvalue weighted by Crippen LogP contribution is 2.26. The number of nitrogens with one attached hydrogen (secondary N) is 2. The zero-order chi connectivity index (χ0) is 23.1. The lowest BCUT2D eigenvalue weighted by molar-refractivity contribution is 0.590. The lowest BCUT2D eigenvalue weighted by Crippen LogP contribution is -2.35. The van der Waals surface area contributed by atoms with Gasteiger partial charge in [-0.05, 0) is 52.6 Å². The quantitative estimate of drug-likeness (QED) is 0.418. The van der Waals surface area contributed by atoms with Crippen LogP contribution in [0.4, 0.5) is 11.4 Å². The van der Waals surface area contributed by atoms with Crippen LogP contribution >= 0.6 is 0 Å². The number of hydrogen-bond donors (Lipinski definition) is 4. The van der Waals surface area contributed by atoms with E-state index in [2.05, 4.69) is 92.5 Å². The van der Waals surface area contributed by atoms with Crippen LogP contribution in [0.15, 0.2) is 58.5 Å². The van der Waals surface area contributed by atoms with Crippen molar-refractivity contribution >= 4 is 23.3 Å². The van der Waals surface area contributed by atoms with Gasteiger partial charge in [0.2, 0.25) is 0 Å². The Morgan fingerprint density at radius 2 is 1.55 bits per heavy atom. The summed E-state index contributed by atoms with van der Waals surface area (Å²) in [5.74, 6) is 0.985. The van der Waals surface area contributed by atoms with Gasteiger partial charge in [0.15, 0.2) is 11.9 Å². The van der Waals surface area contributed by atoms with Crippen LogP contribution in [0.3, 0.4) is 0 Å². The van der Waals surface area contributed by atoms with Crippen molar-refractivity contribution in [2.45, 2.75) is 58.8 Å². The second-order valence-electron chi connectivity index (χ2n) is 9.80. The van der Waals surface area contributed by atoms with E-state index in [0.29, 0.717) is 0 Å². The molecule has 6 N–H and O–H groups in total. The van der Waals surface area contributed by atoms with E-state index in [0.717, 1.165) is 36.8 Å². The first-order valence-electron chi connectivity index (χ1n) is 10.8. The zero-order valence-corrected chi connectivity index (χ0v) is 19.8. The molecule has 0 aliphatic carbocycles. The molecular weight excluding hydrogens is 384 g/mol. The van der Waals surface area contributed by atoms with E-state index in [1.54, 1.807) is 0 Å². The molecule has 0 amide bonds. The van der Waals surface area contributed by atoms with Crippen molar-refractivity contribution in [3.8, 4) is 0 Å². The number of hydrogen-bond acceptors (Lipinski definition) is 4. The van der Waals surface area contributed by atoms with Gasteiger partial charge in [0.25, 0.3) is 0 Å². The number of aliphatic imine (C=N–C) groups is 2. The molecule has 31 heavy (non-hydrogen) atoms. The summed E-state index contributed by atoms with van der Waals surface area (Å²) in [4.78, 5) is 8.42. The summed E-state index contributed by atoms with van der Waals surface area (Å²) in [6.07, 6.45) is 1.12. The number of guanidine groups is 2. The fourth-order valence-corrected chi connectivity index (χ4v) is 3.01. The van der Waals surface area contributed by atoms with Gasteiger partial charge < -0.3 is 22.1 Å². The zero-order valence-electron chi connectivity index (χ0n) is 19.8. The van der Waals surface area contributed by atoms with Gasteiger partial charge in [-0.2, -0.15) is 0 Å². The SMILES string of the molecule is CC(C)(C)c1cccc(N=C(N)N)c1.CC(C)(C)c1cccc(NC2=NCCCN2)c1. The average molecular weight is 423 g/mol. The third kappa shape index (κ3) is 8.32. The van der Waals surface area contributed by atoms with Gasteiger partial charge in [0.1, 0.15) is 0 Å². The second kappa shape index (κ2) is 10.3. The molecule has 6 nitrogen and oxygen atoms in total. The molecule has 0 unspecified atom stereocenters. The Morgan fingerprint density at radius 1 is 0.935 bits per heavy atom. The van der Waals surface area contributed by atoms with Crippen molar-refractivity contribution in [1.29, 1.82) is 0 Å². The van der Waals surface area contributed by atoms with Crippen molar-refractivity contribution in [2.24, 2.45) is 21.5 Å². The first-order valence-corrected chi connectivity index (χ1v) is 10.8. The van der Waals surface area contributed by atoms with Crippen LogP contribution in [0.1, 0.15) is 59.1 Å². The molecule has 0 bridgehead atoms. The molecule has 0 spiro atoms. The van der Waals surface area contributed by atoms with E-state index >= 15 is 0 Å². The molecule has 0 aromatic heterocycles. The van der Waals surface area contributed by atoms with E-state index in [4.69, 9.17) is 11.5 Å². The molecule has 0 atom stereocenters. The Bertz CT molecular complexity index is 912. The minimum Gasteiger partial charge on any atom is -0.370 e.